The van der Waals surface area contributed by atoms with Crippen LogP contribution in [0.1, 0.15) is 41.0 Å². The SMILES string of the molecule is CC(=O)N[C@H]1[C@H](O[C@H]2C[C@](O)(C(=O)O)O[C@@H]([C@H](NC(C)=O)[C@@H](C)O)[C@@H]2NC(C)=O)O[C@H](CO)[C@@H](O[C@H]2O[C@@H](C)[C@H](O)[C@@H](O[C@H]3O[C@H](CO)[C@H](O)[C@H](O)[C@H]3O)[C@H]2O)[C@@H]1O. The lowest BCUT2D eigenvalue weighted by molar-refractivity contribution is -0.376. The van der Waals surface area contributed by atoms with Gasteiger partial charge in [0.05, 0.1) is 43.6 Å². The first-order valence-corrected chi connectivity index (χ1v) is 18.4. The fraction of sp³-hybridized carbons (Fsp3) is 0.879. The van der Waals surface area contributed by atoms with Crippen molar-refractivity contribution in [2.75, 3.05) is 13.2 Å². The molecule has 4 heterocycles. The number of carboxylic acid groups (broad SMARTS) is 1. The third kappa shape index (κ3) is 10.6. The Labute approximate surface area is 330 Å². The molecule has 58 heavy (non-hydrogen) atoms. The standard InChI is InChI=1S/C33H55N3O22/c1-9(39)17(34-11(3)40)27-18(35-12(4)41)14(6-33(51,58-27)32(49)50)53-29-19(36-13(5)42)22(45)26(16(8-38)55-29)56-31-25(48)28(20(43)10(2)52-31)57-30-24(47)23(46)21(44)15(7-37)54-30/h9-10,14-31,37-39,43-48,51H,6-8H2,1-5H3,(H,34,40)(H,35,41)(H,36,42)(H,49,50)/t9-,10+,14+,15-,16-,17-,18-,19-,20+,21+,22-,23+,24-,25-,26-,27+,28-,29-,30-,31-,33-/m1/s1. The number of hydrogen-bond acceptors (Lipinski definition) is 21. The molecular weight excluding hydrogens is 790 g/mol. The zero-order chi connectivity index (χ0) is 43.5. The van der Waals surface area contributed by atoms with Gasteiger partial charge in [-0.1, -0.05) is 0 Å². The number of ether oxygens (including phenoxy) is 7. The van der Waals surface area contributed by atoms with Crippen molar-refractivity contribution >= 4 is 23.7 Å². The number of carboxylic acids is 1. The topological polar surface area (TPSA) is 392 Å². The fourth-order valence-electron chi connectivity index (χ4n) is 7.32. The van der Waals surface area contributed by atoms with Crippen LogP contribution in [0.2, 0.25) is 0 Å². The van der Waals surface area contributed by atoms with Crippen molar-refractivity contribution < 1.29 is 109 Å². The van der Waals surface area contributed by atoms with E-state index in [9.17, 15) is 75.3 Å². The summed E-state index contributed by atoms with van der Waals surface area (Å²) in [5.41, 5.74) is 0. The molecule has 0 aliphatic carbocycles. The van der Waals surface area contributed by atoms with E-state index in [1.54, 1.807) is 0 Å². The van der Waals surface area contributed by atoms with Crippen molar-refractivity contribution in [3.63, 3.8) is 0 Å². The molecule has 14 N–H and O–H groups in total. The Hall–Kier alpha value is -2.80. The van der Waals surface area contributed by atoms with E-state index in [1.165, 1.54) is 13.8 Å². The minimum absolute atomic E-state index is 0.706. The van der Waals surface area contributed by atoms with Gasteiger partial charge in [0.2, 0.25) is 17.7 Å². The van der Waals surface area contributed by atoms with E-state index in [4.69, 9.17) is 33.2 Å². The Balaban J connectivity index is 1.64. The highest BCUT2D eigenvalue weighted by Gasteiger charge is 2.58. The van der Waals surface area contributed by atoms with Gasteiger partial charge in [-0.3, -0.25) is 14.4 Å². The molecule has 4 rings (SSSR count). The predicted octanol–water partition coefficient (Wildman–Crippen LogP) is -8.06. The second kappa shape index (κ2) is 19.7. The summed E-state index contributed by atoms with van der Waals surface area (Å²) >= 11 is 0. The maximum atomic E-state index is 12.5. The summed E-state index contributed by atoms with van der Waals surface area (Å²) in [6, 6.07) is -4.60. The van der Waals surface area contributed by atoms with Gasteiger partial charge in [-0.2, -0.15) is 0 Å². The molecule has 4 saturated heterocycles. The van der Waals surface area contributed by atoms with Crippen molar-refractivity contribution in [2.24, 2.45) is 0 Å². The minimum Gasteiger partial charge on any atom is -0.477 e. The molecule has 3 amide bonds. The van der Waals surface area contributed by atoms with Crippen molar-refractivity contribution in [3.8, 4) is 0 Å². The van der Waals surface area contributed by atoms with E-state index in [0.717, 1.165) is 20.8 Å². The van der Waals surface area contributed by atoms with Crippen LogP contribution in [0.3, 0.4) is 0 Å². The number of aliphatic hydroxyl groups excluding tert-OH is 9. The Bertz CT molecular complexity index is 1430. The normalized spacial score (nSPS) is 44.4. The Kier molecular flexibility index (Phi) is 16.3. The summed E-state index contributed by atoms with van der Waals surface area (Å²) in [7, 11) is 0. The first-order chi connectivity index (χ1) is 27.0. The third-order valence-electron chi connectivity index (χ3n) is 10.3. The van der Waals surface area contributed by atoms with Crippen LogP contribution in [-0.4, -0.2) is 221 Å². The summed E-state index contributed by atoms with van der Waals surface area (Å²) in [5.74, 6) is -7.22. The van der Waals surface area contributed by atoms with Crippen LogP contribution in [0.4, 0.5) is 0 Å². The molecule has 4 aliphatic rings. The molecule has 0 saturated carbocycles. The molecule has 4 fully saturated rings. The fourth-order valence-corrected chi connectivity index (χ4v) is 7.32. The van der Waals surface area contributed by atoms with E-state index in [1.807, 2.05) is 0 Å². The number of hydrogen-bond donors (Lipinski definition) is 14. The number of rotatable bonds is 14. The first-order valence-electron chi connectivity index (χ1n) is 18.4. The largest absolute Gasteiger partial charge is 0.477 e. The van der Waals surface area contributed by atoms with Crippen LogP contribution >= 0.6 is 0 Å². The molecule has 0 aromatic carbocycles. The maximum absolute atomic E-state index is 12.5. The second-order valence-corrected chi connectivity index (χ2v) is 14.8. The minimum atomic E-state index is -3.07. The second-order valence-electron chi connectivity index (χ2n) is 14.8. The molecule has 0 unspecified atom stereocenters. The number of carbonyl (C=O) groups excluding carboxylic acids is 3. The van der Waals surface area contributed by atoms with E-state index in [2.05, 4.69) is 16.0 Å². The quantitative estimate of drug-likeness (QED) is 0.0772. The van der Waals surface area contributed by atoms with Gasteiger partial charge < -0.3 is 105 Å². The Morgan fingerprint density at radius 1 is 0.707 bits per heavy atom. The molecule has 4 aliphatic heterocycles. The Morgan fingerprint density at radius 3 is 1.79 bits per heavy atom. The lowest BCUT2D eigenvalue weighted by atomic mass is 9.87. The molecule has 334 valence electrons. The van der Waals surface area contributed by atoms with Gasteiger partial charge in [-0.15, -0.1) is 0 Å². The summed E-state index contributed by atoms with van der Waals surface area (Å²) in [6.07, 6.45) is -30.1. The van der Waals surface area contributed by atoms with E-state index >= 15 is 0 Å². The van der Waals surface area contributed by atoms with Crippen LogP contribution in [-0.2, 0) is 52.3 Å². The first kappa shape index (κ1) is 47.9. The molecule has 0 spiro atoms. The Morgan fingerprint density at radius 2 is 1.26 bits per heavy atom. The van der Waals surface area contributed by atoms with Gasteiger partial charge in [0, 0.05) is 27.2 Å². The number of amides is 3. The highest BCUT2D eigenvalue weighted by Crippen LogP contribution is 2.37. The molecule has 0 bridgehead atoms. The zero-order valence-corrected chi connectivity index (χ0v) is 32.1. The lowest BCUT2D eigenvalue weighted by Crippen LogP contribution is -2.72. The monoisotopic (exact) mass is 845 g/mol. The third-order valence-corrected chi connectivity index (χ3v) is 10.3. The van der Waals surface area contributed by atoms with Crippen molar-refractivity contribution in [2.45, 2.75) is 169 Å². The molecule has 25 nitrogen and oxygen atoms in total. The summed E-state index contributed by atoms with van der Waals surface area (Å²) in [5, 5.41) is 124. The molecule has 21 atom stereocenters. The molecule has 25 heteroatoms. The maximum Gasteiger partial charge on any atom is 0.364 e. The van der Waals surface area contributed by atoms with Crippen molar-refractivity contribution in [3.05, 3.63) is 0 Å². The average molecular weight is 846 g/mol. The zero-order valence-electron chi connectivity index (χ0n) is 32.1. The summed E-state index contributed by atoms with van der Waals surface area (Å²) in [4.78, 5) is 49.3. The summed E-state index contributed by atoms with van der Waals surface area (Å²) in [6.45, 7) is 3.99. The highest BCUT2D eigenvalue weighted by atomic mass is 16.8. The molecule has 0 aromatic rings. The molecule has 0 aromatic heterocycles. The molecule has 0 radical (unpaired) electrons. The van der Waals surface area contributed by atoms with E-state index in [0.29, 0.717) is 0 Å². The van der Waals surface area contributed by atoms with Gasteiger partial charge >= 0.3 is 5.97 Å². The van der Waals surface area contributed by atoms with Crippen LogP contribution in [0.15, 0.2) is 0 Å². The van der Waals surface area contributed by atoms with Gasteiger partial charge in [-0.25, -0.2) is 4.79 Å². The number of aliphatic carboxylic acids is 1. The van der Waals surface area contributed by atoms with Crippen LogP contribution < -0.4 is 16.0 Å². The highest BCUT2D eigenvalue weighted by molar-refractivity contribution is 5.77. The van der Waals surface area contributed by atoms with Gasteiger partial charge in [0.15, 0.2) is 18.9 Å². The van der Waals surface area contributed by atoms with Crippen LogP contribution in [0.5, 0.6) is 0 Å². The van der Waals surface area contributed by atoms with Crippen LogP contribution in [0, 0.1) is 0 Å². The average Bonchev–Trinajstić information content (AvgIpc) is 3.14. The van der Waals surface area contributed by atoms with Crippen molar-refractivity contribution in [1.82, 2.24) is 16.0 Å². The van der Waals surface area contributed by atoms with Crippen LogP contribution in [0.25, 0.3) is 0 Å². The van der Waals surface area contributed by atoms with E-state index in [-0.39, 0.29) is 0 Å². The van der Waals surface area contributed by atoms with Gasteiger partial charge in [0.1, 0.15) is 73.2 Å². The number of aliphatic hydroxyl groups is 10. The van der Waals surface area contributed by atoms with E-state index < -0.39 is 172 Å². The lowest BCUT2D eigenvalue weighted by Gasteiger charge is -2.51. The molecular formula is C33H55N3O22. The number of carbonyl (C=O) groups is 4. The predicted molar refractivity (Wildman–Crippen MR) is 183 cm³/mol. The van der Waals surface area contributed by atoms with Gasteiger partial charge in [0.25, 0.3) is 5.79 Å². The number of nitrogens with one attached hydrogen (secondary N) is 3. The van der Waals surface area contributed by atoms with Crippen molar-refractivity contribution in [1.29, 1.82) is 0 Å². The van der Waals surface area contributed by atoms with Gasteiger partial charge in [-0.05, 0) is 13.8 Å². The smallest absolute Gasteiger partial charge is 0.364 e. The summed E-state index contributed by atoms with van der Waals surface area (Å²) < 4.78 is 40.0.